The molecular formula is C10H12INO2. The molecule has 1 unspecified atom stereocenters. The molecule has 1 aromatic carbocycles. The van der Waals surface area contributed by atoms with Crippen LogP contribution in [0.5, 0.6) is 5.75 Å². The Morgan fingerprint density at radius 2 is 2.14 bits per heavy atom. The van der Waals surface area contributed by atoms with Gasteiger partial charge in [-0.25, -0.2) is 0 Å². The first kappa shape index (κ1) is 10.0. The lowest BCUT2D eigenvalue weighted by Crippen LogP contribution is -2.15. The number of methoxy groups -OCH3 is 1. The van der Waals surface area contributed by atoms with Crippen LogP contribution in [0.25, 0.3) is 0 Å². The van der Waals surface area contributed by atoms with Crippen LogP contribution < -0.4 is 7.85 Å². The van der Waals surface area contributed by atoms with Crippen molar-refractivity contribution in [1.82, 2.24) is 0 Å². The molecule has 2 rings (SSSR count). The van der Waals surface area contributed by atoms with E-state index in [4.69, 9.17) is 9.47 Å². The number of anilines is 1. The molecule has 1 atom stereocenters. The summed E-state index contributed by atoms with van der Waals surface area (Å²) < 4.78 is 12.4. The fraction of sp³-hybridized carbons (Fsp3) is 0.400. The fourth-order valence-corrected chi connectivity index (χ4v) is 1.96. The molecule has 1 aliphatic rings. The number of epoxide rings is 1. The Kier molecular flexibility index (Phi) is 3.12. The summed E-state index contributed by atoms with van der Waals surface area (Å²) in [5, 5.41) is 0. The Bertz CT molecular complexity index is 297. The fourth-order valence-electron chi connectivity index (χ4n) is 1.20. The summed E-state index contributed by atoms with van der Waals surface area (Å²) in [6.45, 7) is 1.85. The molecule has 1 fully saturated rings. The van der Waals surface area contributed by atoms with E-state index in [1.165, 1.54) is 5.69 Å². The highest BCUT2D eigenvalue weighted by atomic mass is 127. The first-order valence-electron chi connectivity index (χ1n) is 4.48. The average Bonchev–Trinajstić information content (AvgIpc) is 3.02. The van der Waals surface area contributed by atoms with E-state index in [0.29, 0.717) is 6.10 Å². The highest BCUT2D eigenvalue weighted by Crippen LogP contribution is 2.24. The quantitative estimate of drug-likeness (QED) is 0.484. The Balaban J connectivity index is 1.99. The Labute approximate surface area is 97.5 Å². The minimum atomic E-state index is 0.425. The molecule has 0 bridgehead atoms. The Morgan fingerprint density at radius 3 is 2.64 bits per heavy atom. The van der Waals surface area contributed by atoms with Gasteiger partial charge in [0.2, 0.25) is 0 Å². The van der Waals surface area contributed by atoms with E-state index in [9.17, 15) is 0 Å². The van der Waals surface area contributed by atoms with E-state index in [0.717, 1.165) is 18.9 Å². The number of hydrogen-bond donors (Lipinski definition) is 0. The molecule has 76 valence electrons. The summed E-state index contributed by atoms with van der Waals surface area (Å²) >= 11 is 2.30. The standard InChI is InChI=1S/C10H12INO2/c1-13-9-4-2-8(3-5-9)12(11)6-10-7-14-10/h2-5,10H,6-7H2,1H3. The van der Waals surface area contributed by atoms with E-state index >= 15 is 0 Å². The highest BCUT2D eigenvalue weighted by Gasteiger charge is 2.24. The lowest BCUT2D eigenvalue weighted by atomic mass is 10.3. The lowest BCUT2D eigenvalue weighted by Gasteiger charge is -2.15. The molecule has 1 heterocycles. The normalized spacial score (nSPS) is 19.1. The van der Waals surface area contributed by atoms with Crippen LogP contribution in [0.1, 0.15) is 0 Å². The second-order valence-corrected chi connectivity index (χ2v) is 4.36. The second-order valence-electron chi connectivity index (χ2n) is 3.20. The molecule has 0 spiro atoms. The van der Waals surface area contributed by atoms with Crippen molar-refractivity contribution >= 4 is 28.6 Å². The first-order chi connectivity index (χ1) is 6.79. The van der Waals surface area contributed by atoms with Crippen molar-refractivity contribution < 1.29 is 9.47 Å². The molecule has 1 saturated heterocycles. The zero-order chi connectivity index (χ0) is 9.97. The molecule has 0 N–H and O–H groups in total. The van der Waals surface area contributed by atoms with Gasteiger partial charge in [0.1, 0.15) is 5.75 Å². The predicted octanol–water partition coefficient (Wildman–Crippen LogP) is 2.25. The highest BCUT2D eigenvalue weighted by molar-refractivity contribution is 14.1. The van der Waals surface area contributed by atoms with Crippen LogP contribution >= 0.6 is 22.9 Å². The van der Waals surface area contributed by atoms with E-state index in [2.05, 4.69) is 26.0 Å². The van der Waals surface area contributed by atoms with Gasteiger partial charge in [0, 0.05) is 5.69 Å². The van der Waals surface area contributed by atoms with Gasteiger partial charge in [-0.05, 0) is 24.3 Å². The van der Waals surface area contributed by atoms with Gasteiger partial charge >= 0.3 is 0 Å². The Hall–Kier alpha value is -0.490. The lowest BCUT2D eigenvalue weighted by molar-refractivity contribution is 0.413. The number of nitrogens with zero attached hydrogens (tertiary/aromatic N) is 1. The van der Waals surface area contributed by atoms with E-state index < -0.39 is 0 Å². The summed E-state index contributed by atoms with van der Waals surface area (Å²) in [6.07, 6.45) is 0.425. The van der Waals surface area contributed by atoms with Crippen molar-refractivity contribution in [3.8, 4) is 5.75 Å². The van der Waals surface area contributed by atoms with Crippen molar-refractivity contribution in [3.63, 3.8) is 0 Å². The molecular weight excluding hydrogens is 293 g/mol. The van der Waals surface area contributed by atoms with Crippen LogP contribution in [0.2, 0.25) is 0 Å². The van der Waals surface area contributed by atoms with Gasteiger partial charge in [-0.1, -0.05) is 0 Å². The predicted molar refractivity (Wildman–Crippen MR) is 64.1 cm³/mol. The zero-order valence-electron chi connectivity index (χ0n) is 7.94. The van der Waals surface area contributed by atoms with Crippen LogP contribution in [-0.4, -0.2) is 26.4 Å². The summed E-state index contributed by atoms with van der Waals surface area (Å²) in [7, 11) is 1.68. The third-order valence-corrected chi connectivity index (χ3v) is 3.07. The molecule has 0 amide bonds. The average molecular weight is 305 g/mol. The first-order valence-corrected chi connectivity index (χ1v) is 5.45. The third-order valence-electron chi connectivity index (χ3n) is 2.12. The van der Waals surface area contributed by atoms with Crippen LogP contribution in [0, 0.1) is 0 Å². The van der Waals surface area contributed by atoms with Gasteiger partial charge in [-0.15, -0.1) is 0 Å². The van der Waals surface area contributed by atoms with E-state index in [1.54, 1.807) is 7.11 Å². The molecule has 1 aromatic rings. The zero-order valence-corrected chi connectivity index (χ0v) is 10.1. The van der Waals surface area contributed by atoms with Crippen molar-refractivity contribution in [1.29, 1.82) is 0 Å². The van der Waals surface area contributed by atoms with Crippen LogP contribution in [-0.2, 0) is 4.74 Å². The number of rotatable bonds is 4. The van der Waals surface area contributed by atoms with Gasteiger partial charge in [0.15, 0.2) is 0 Å². The van der Waals surface area contributed by atoms with Crippen LogP contribution in [0.3, 0.4) is 0 Å². The summed E-state index contributed by atoms with van der Waals surface area (Å²) in [6, 6.07) is 8.03. The monoisotopic (exact) mass is 305 g/mol. The van der Waals surface area contributed by atoms with E-state index in [1.807, 2.05) is 24.3 Å². The van der Waals surface area contributed by atoms with Gasteiger partial charge in [-0.2, -0.15) is 0 Å². The number of ether oxygens (including phenoxy) is 2. The maximum atomic E-state index is 5.17. The number of halogens is 1. The smallest absolute Gasteiger partial charge is 0.119 e. The number of benzene rings is 1. The maximum Gasteiger partial charge on any atom is 0.119 e. The summed E-state index contributed by atoms with van der Waals surface area (Å²) in [5.74, 6) is 0.890. The van der Waals surface area contributed by atoms with Gasteiger partial charge in [-0.3, -0.25) is 0 Å². The minimum Gasteiger partial charge on any atom is -0.497 e. The molecule has 0 radical (unpaired) electrons. The van der Waals surface area contributed by atoms with Gasteiger partial charge in [0.05, 0.1) is 49.2 Å². The van der Waals surface area contributed by atoms with Crippen molar-refractivity contribution in [2.75, 3.05) is 23.4 Å². The molecule has 3 nitrogen and oxygen atoms in total. The van der Waals surface area contributed by atoms with Crippen LogP contribution in [0.4, 0.5) is 5.69 Å². The third kappa shape index (κ3) is 2.51. The Morgan fingerprint density at radius 1 is 1.50 bits per heavy atom. The van der Waals surface area contributed by atoms with Crippen molar-refractivity contribution in [2.24, 2.45) is 0 Å². The summed E-state index contributed by atoms with van der Waals surface area (Å²) in [4.78, 5) is 0. The summed E-state index contributed by atoms with van der Waals surface area (Å²) in [5.41, 5.74) is 1.18. The molecule has 14 heavy (non-hydrogen) atoms. The second kappa shape index (κ2) is 4.35. The SMILES string of the molecule is COc1ccc(N(I)CC2CO2)cc1. The minimum absolute atomic E-state index is 0.425. The molecule has 0 aromatic heterocycles. The van der Waals surface area contributed by atoms with Crippen LogP contribution in [0.15, 0.2) is 24.3 Å². The van der Waals surface area contributed by atoms with Crippen molar-refractivity contribution in [3.05, 3.63) is 24.3 Å². The van der Waals surface area contributed by atoms with Crippen molar-refractivity contribution in [2.45, 2.75) is 6.10 Å². The van der Waals surface area contributed by atoms with E-state index in [-0.39, 0.29) is 0 Å². The molecule has 0 saturated carbocycles. The molecule has 0 aliphatic carbocycles. The number of hydrogen-bond acceptors (Lipinski definition) is 3. The van der Waals surface area contributed by atoms with Gasteiger partial charge < -0.3 is 12.6 Å². The largest absolute Gasteiger partial charge is 0.497 e. The van der Waals surface area contributed by atoms with Gasteiger partial charge in [0.25, 0.3) is 0 Å². The maximum absolute atomic E-state index is 5.17. The topological polar surface area (TPSA) is 25.0 Å². The molecule has 1 aliphatic heterocycles. The molecule has 4 heteroatoms.